The second-order valence-electron chi connectivity index (χ2n) is 7.78. The molecule has 4 rings (SSSR count). The zero-order valence-corrected chi connectivity index (χ0v) is 16.9. The zero-order valence-electron chi connectivity index (χ0n) is 16.9. The van der Waals surface area contributed by atoms with E-state index in [0.29, 0.717) is 17.8 Å². The number of nitrogens with one attached hydrogen (secondary N) is 1. The van der Waals surface area contributed by atoms with Crippen molar-refractivity contribution < 1.29 is 14.3 Å². The number of hydrogen-bond donors (Lipinski definition) is 2. The summed E-state index contributed by atoms with van der Waals surface area (Å²) in [6.45, 7) is 1.72. The first-order chi connectivity index (χ1) is 14.5. The minimum Gasteiger partial charge on any atom is -0.458 e. The highest BCUT2D eigenvalue weighted by molar-refractivity contribution is 5.79. The number of fused-ring (bicyclic) bond motifs is 1. The number of aliphatic hydroxyl groups is 1. The lowest BCUT2D eigenvalue weighted by atomic mass is 9.88. The predicted molar refractivity (Wildman–Crippen MR) is 118 cm³/mol. The molecule has 0 fully saturated rings. The molecule has 1 atom stereocenters. The molecule has 152 valence electrons. The molecule has 0 radical (unpaired) electrons. The Labute approximate surface area is 176 Å². The smallest absolute Gasteiger partial charge is 0.221 e. The number of para-hydroxylation sites is 1. The summed E-state index contributed by atoms with van der Waals surface area (Å²) < 4.78 is 5.78. The van der Waals surface area contributed by atoms with Crippen LogP contribution >= 0.6 is 0 Å². The number of hydrogen-bond acceptors (Lipinski definition) is 3. The van der Waals surface area contributed by atoms with Gasteiger partial charge in [0.2, 0.25) is 5.91 Å². The summed E-state index contributed by atoms with van der Waals surface area (Å²) in [7, 11) is 0. The van der Waals surface area contributed by atoms with E-state index in [0.717, 1.165) is 16.5 Å². The molecule has 0 aliphatic rings. The lowest BCUT2D eigenvalue weighted by Gasteiger charge is -2.23. The molecule has 1 aromatic heterocycles. The summed E-state index contributed by atoms with van der Waals surface area (Å²) in [5.41, 5.74) is 1.59. The average molecular weight is 399 g/mol. The number of amides is 1. The van der Waals surface area contributed by atoms with Crippen molar-refractivity contribution in [2.75, 3.05) is 6.54 Å². The largest absolute Gasteiger partial charge is 0.458 e. The van der Waals surface area contributed by atoms with Crippen molar-refractivity contribution in [3.05, 3.63) is 108 Å². The van der Waals surface area contributed by atoms with E-state index in [-0.39, 0.29) is 18.4 Å². The average Bonchev–Trinajstić information content (AvgIpc) is 3.23. The second-order valence-corrected chi connectivity index (χ2v) is 7.78. The Kier molecular flexibility index (Phi) is 5.68. The third-order valence-corrected chi connectivity index (χ3v) is 5.38. The summed E-state index contributed by atoms with van der Waals surface area (Å²) in [6, 6.07) is 29.4. The van der Waals surface area contributed by atoms with Crippen molar-refractivity contribution in [1.82, 2.24) is 5.32 Å². The van der Waals surface area contributed by atoms with Gasteiger partial charge in [-0.3, -0.25) is 4.79 Å². The summed E-state index contributed by atoms with van der Waals surface area (Å²) in [5, 5.41) is 14.7. The molecular formula is C26H25NO3. The highest BCUT2D eigenvalue weighted by Gasteiger charge is 2.29. The topological polar surface area (TPSA) is 62.5 Å². The first kappa shape index (κ1) is 19.9. The van der Waals surface area contributed by atoms with Crippen molar-refractivity contribution in [2.45, 2.75) is 24.9 Å². The van der Waals surface area contributed by atoms with Gasteiger partial charge >= 0.3 is 0 Å². The molecule has 0 saturated heterocycles. The number of benzene rings is 3. The summed E-state index contributed by atoms with van der Waals surface area (Å²) in [5.74, 6) is 0.263. The fraction of sp³-hybridized carbons (Fsp3) is 0.192. The highest BCUT2D eigenvalue weighted by Crippen LogP contribution is 2.29. The van der Waals surface area contributed by atoms with E-state index in [4.69, 9.17) is 4.42 Å². The number of carbonyl (C=O) groups excluding carboxylic acids is 1. The molecule has 3 aromatic carbocycles. The van der Waals surface area contributed by atoms with E-state index in [1.54, 1.807) is 6.92 Å². The Morgan fingerprint density at radius 3 is 2.10 bits per heavy atom. The molecule has 0 unspecified atom stereocenters. The summed E-state index contributed by atoms with van der Waals surface area (Å²) in [6.07, 6.45) is 0.296. The number of carbonyl (C=O) groups is 1. The predicted octanol–water partition coefficient (Wildman–Crippen LogP) is 4.98. The summed E-state index contributed by atoms with van der Waals surface area (Å²) >= 11 is 0. The van der Waals surface area contributed by atoms with E-state index < -0.39 is 5.60 Å². The van der Waals surface area contributed by atoms with Crippen LogP contribution in [0.25, 0.3) is 11.0 Å². The van der Waals surface area contributed by atoms with Gasteiger partial charge in [0.1, 0.15) is 16.9 Å². The van der Waals surface area contributed by atoms with Crippen molar-refractivity contribution in [3.63, 3.8) is 0 Å². The van der Waals surface area contributed by atoms with Gasteiger partial charge in [-0.05, 0) is 30.2 Å². The third kappa shape index (κ3) is 4.44. The quantitative estimate of drug-likeness (QED) is 0.461. The van der Waals surface area contributed by atoms with Crippen molar-refractivity contribution in [3.8, 4) is 0 Å². The van der Waals surface area contributed by atoms with Crippen LogP contribution in [0, 0.1) is 0 Å². The van der Waals surface area contributed by atoms with Crippen LogP contribution in [0.4, 0.5) is 0 Å². The minimum atomic E-state index is -1.30. The van der Waals surface area contributed by atoms with Gasteiger partial charge in [0, 0.05) is 17.7 Å². The molecule has 0 spiro atoms. The fourth-order valence-corrected chi connectivity index (χ4v) is 3.66. The maximum atomic E-state index is 12.8. The van der Waals surface area contributed by atoms with E-state index in [2.05, 4.69) is 5.32 Å². The molecule has 0 aliphatic carbocycles. The van der Waals surface area contributed by atoms with Crippen molar-refractivity contribution >= 4 is 16.9 Å². The lowest BCUT2D eigenvalue weighted by molar-refractivity contribution is -0.122. The van der Waals surface area contributed by atoms with Crippen LogP contribution in [0.15, 0.2) is 95.4 Å². The van der Waals surface area contributed by atoms with Crippen LogP contribution in [0.2, 0.25) is 0 Å². The van der Waals surface area contributed by atoms with Crippen LogP contribution in [0.5, 0.6) is 0 Å². The molecular weight excluding hydrogens is 374 g/mol. The van der Waals surface area contributed by atoms with Crippen LogP contribution < -0.4 is 5.32 Å². The van der Waals surface area contributed by atoms with Crippen LogP contribution in [0.1, 0.15) is 36.1 Å². The van der Waals surface area contributed by atoms with Crippen molar-refractivity contribution in [2.24, 2.45) is 0 Å². The van der Waals surface area contributed by atoms with Crippen molar-refractivity contribution in [1.29, 1.82) is 0 Å². The normalized spacial score (nSPS) is 13.3. The van der Waals surface area contributed by atoms with E-state index in [9.17, 15) is 9.90 Å². The molecule has 4 nitrogen and oxygen atoms in total. The molecule has 4 heteroatoms. The number of rotatable bonds is 7. The second kappa shape index (κ2) is 8.56. The molecule has 1 heterocycles. The molecule has 4 aromatic rings. The van der Waals surface area contributed by atoms with Gasteiger partial charge in [-0.2, -0.15) is 0 Å². The SMILES string of the molecule is C[C@@](O)(CNC(=O)CC(c1ccccc1)c1ccccc1)c1cc2ccccc2o1. The Hall–Kier alpha value is -3.37. The van der Waals surface area contributed by atoms with E-state index in [1.807, 2.05) is 91.0 Å². The van der Waals surface area contributed by atoms with Gasteiger partial charge < -0.3 is 14.8 Å². The first-order valence-electron chi connectivity index (χ1n) is 10.1. The fourth-order valence-electron chi connectivity index (χ4n) is 3.66. The Bertz CT molecular complexity index is 1040. The number of furan rings is 1. The minimum absolute atomic E-state index is 0.0523. The zero-order chi connectivity index (χ0) is 21.0. The Balaban J connectivity index is 1.47. The van der Waals surface area contributed by atoms with Gasteiger partial charge in [0.25, 0.3) is 0 Å². The Morgan fingerprint density at radius 1 is 0.933 bits per heavy atom. The molecule has 1 amide bonds. The summed E-state index contributed by atoms with van der Waals surface area (Å²) in [4.78, 5) is 12.8. The molecule has 0 aliphatic heterocycles. The third-order valence-electron chi connectivity index (χ3n) is 5.38. The maximum Gasteiger partial charge on any atom is 0.221 e. The highest BCUT2D eigenvalue weighted by atomic mass is 16.4. The van der Waals surface area contributed by atoms with Crippen LogP contribution in [-0.2, 0) is 10.4 Å². The van der Waals surface area contributed by atoms with Gasteiger partial charge in [-0.15, -0.1) is 0 Å². The Morgan fingerprint density at radius 2 is 1.50 bits per heavy atom. The molecule has 30 heavy (non-hydrogen) atoms. The van der Waals surface area contributed by atoms with Gasteiger partial charge in [-0.1, -0.05) is 78.9 Å². The van der Waals surface area contributed by atoms with Gasteiger partial charge in [0.15, 0.2) is 0 Å². The van der Waals surface area contributed by atoms with Crippen LogP contribution in [0.3, 0.4) is 0 Å². The molecule has 0 bridgehead atoms. The van der Waals surface area contributed by atoms with Gasteiger partial charge in [0.05, 0.1) is 6.54 Å². The first-order valence-corrected chi connectivity index (χ1v) is 10.1. The van der Waals surface area contributed by atoms with E-state index >= 15 is 0 Å². The lowest BCUT2D eigenvalue weighted by Crippen LogP contribution is -2.38. The molecule has 0 saturated carbocycles. The van der Waals surface area contributed by atoms with Gasteiger partial charge in [-0.25, -0.2) is 0 Å². The molecule has 2 N–H and O–H groups in total. The van der Waals surface area contributed by atoms with E-state index in [1.165, 1.54) is 0 Å². The monoisotopic (exact) mass is 399 g/mol. The van der Waals surface area contributed by atoms with Crippen LogP contribution in [-0.4, -0.2) is 17.6 Å². The maximum absolute atomic E-state index is 12.8. The standard InChI is InChI=1S/C26H25NO3/c1-26(29,24-16-21-14-8-9-15-23(21)30-24)18-27-25(28)17-22(19-10-4-2-5-11-19)20-12-6-3-7-13-20/h2-16,22,29H,17-18H2,1H3,(H,27,28)/t26-/m1/s1.